The Kier molecular flexibility index (Phi) is 9.71. The summed E-state index contributed by atoms with van der Waals surface area (Å²) in [6.07, 6.45) is 5.01. The quantitative estimate of drug-likeness (QED) is 0.196. The van der Waals surface area contributed by atoms with E-state index >= 15 is 0 Å². The molecule has 10 nitrogen and oxygen atoms in total. The number of pyridine rings is 1. The Hall–Kier alpha value is -5.38. The Morgan fingerprint density at radius 1 is 0.841 bits per heavy atom. The molecule has 0 unspecified atom stereocenters. The lowest BCUT2D eigenvalue weighted by atomic mass is 9.92. The van der Waals surface area contributed by atoms with Gasteiger partial charge in [-0.1, -0.05) is 18.2 Å². The van der Waals surface area contributed by atoms with Crippen molar-refractivity contribution in [2.75, 3.05) is 12.4 Å². The fraction of sp³-hybridized carbons (Fsp3) is 0.235. The molecule has 2 amide bonds. The molecule has 1 fully saturated rings. The number of carboxylic acid groups (broad SMARTS) is 1. The molecule has 3 N–H and O–H groups in total. The van der Waals surface area contributed by atoms with Crippen LogP contribution in [0, 0.1) is 0 Å². The van der Waals surface area contributed by atoms with Crippen LogP contribution in [0.5, 0.6) is 23.1 Å². The number of hydrogen-bond donors (Lipinski definition) is 3. The molecule has 1 aromatic heterocycles. The van der Waals surface area contributed by atoms with Crippen LogP contribution in [0.3, 0.4) is 0 Å². The molecule has 10 heteroatoms. The Morgan fingerprint density at radius 2 is 1.52 bits per heavy atom. The first kappa shape index (κ1) is 30.1. The highest BCUT2D eigenvalue weighted by Crippen LogP contribution is 2.27. The van der Waals surface area contributed by atoms with E-state index in [9.17, 15) is 19.5 Å². The second kappa shape index (κ2) is 14.2. The van der Waals surface area contributed by atoms with Gasteiger partial charge < -0.3 is 30.0 Å². The maximum atomic E-state index is 12.6. The molecular formula is C34H33N3O7. The second-order valence-electron chi connectivity index (χ2n) is 10.4. The largest absolute Gasteiger partial charge is 0.497 e. The molecule has 0 radical (unpaired) electrons. The van der Waals surface area contributed by atoms with Crippen molar-refractivity contribution in [2.24, 2.45) is 0 Å². The van der Waals surface area contributed by atoms with E-state index in [-0.39, 0.29) is 41.6 Å². The highest BCUT2D eigenvalue weighted by atomic mass is 16.5. The lowest BCUT2D eigenvalue weighted by Crippen LogP contribution is -2.39. The highest BCUT2D eigenvalue weighted by Gasteiger charge is 2.24. The lowest BCUT2D eigenvalue weighted by molar-refractivity contribution is -0.115. The molecule has 226 valence electrons. The predicted molar refractivity (Wildman–Crippen MR) is 164 cm³/mol. The third-order valence-corrected chi connectivity index (χ3v) is 7.30. The van der Waals surface area contributed by atoms with Crippen molar-refractivity contribution in [3.63, 3.8) is 0 Å². The number of amides is 2. The number of benzene rings is 3. The smallest absolute Gasteiger partial charge is 0.337 e. The van der Waals surface area contributed by atoms with Gasteiger partial charge in [-0.3, -0.25) is 9.59 Å². The van der Waals surface area contributed by atoms with Crippen LogP contribution in [0.25, 0.3) is 0 Å². The van der Waals surface area contributed by atoms with Gasteiger partial charge in [0.2, 0.25) is 11.8 Å². The van der Waals surface area contributed by atoms with Crippen LogP contribution < -0.4 is 24.8 Å². The number of rotatable bonds is 11. The van der Waals surface area contributed by atoms with Crippen molar-refractivity contribution >= 4 is 23.5 Å². The van der Waals surface area contributed by atoms with Crippen LogP contribution >= 0.6 is 0 Å². The van der Waals surface area contributed by atoms with Gasteiger partial charge in [-0.15, -0.1) is 0 Å². The average Bonchev–Trinajstić information content (AvgIpc) is 3.04. The Bertz CT molecular complexity index is 1580. The number of carbonyl (C=O) groups excluding carboxylic acids is 2. The normalized spacial score (nSPS) is 15.9. The molecule has 0 aliphatic heterocycles. The molecule has 0 spiro atoms. The number of carbonyl (C=O) groups is 3. The van der Waals surface area contributed by atoms with E-state index in [1.54, 1.807) is 80.0 Å². The number of para-hydroxylation sites is 1. The van der Waals surface area contributed by atoms with Crippen molar-refractivity contribution < 1.29 is 33.7 Å². The van der Waals surface area contributed by atoms with E-state index in [0.717, 1.165) is 31.4 Å². The van der Waals surface area contributed by atoms with E-state index in [2.05, 4.69) is 15.6 Å². The van der Waals surface area contributed by atoms with Gasteiger partial charge in [-0.25, -0.2) is 9.78 Å². The number of carboxylic acids is 1. The SMILES string of the molecule is COc1ccc(C(=O)NC2CCC(Oc3ccc(Oc4ccc(CC(=O)Nc5ccccc5C(=O)O)cn4)cc3)CC2)cc1. The number of nitrogens with one attached hydrogen (secondary N) is 2. The summed E-state index contributed by atoms with van der Waals surface area (Å²) >= 11 is 0. The summed E-state index contributed by atoms with van der Waals surface area (Å²) in [7, 11) is 1.60. The lowest BCUT2D eigenvalue weighted by Gasteiger charge is -2.29. The minimum Gasteiger partial charge on any atom is -0.497 e. The number of methoxy groups -OCH3 is 1. The van der Waals surface area contributed by atoms with Gasteiger partial charge >= 0.3 is 5.97 Å². The maximum absolute atomic E-state index is 12.6. The summed E-state index contributed by atoms with van der Waals surface area (Å²) in [5.41, 5.74) is 1.54. The zero-order valence-corrected chi connectivity index (χ0v) is 24.2. The molecule has 1 aliphatic rings. The maximum Gasteiger partial charge on any atom is 0.337 e. The number of nitrogens with zero attached hydrogens (tertiary/aromatic N) is 1. The Morgan fingerprint density at radius 3 is 2.18 bits per heavy atom. The Balaban J connectivity index is 1.05. The van der Waals surface area contributed by atoms with Crippen LogP contribution in [0.2, 0.25) is 0 Å². The molecular weight excluding hydrogens is 562 g/mol. The third-order valence-electron chi connectivity index (χ3n) is 7.30. The molecule has 0 atom stereocenters. The van der Waals surface area contributed by atoms with Crippen molar-refractivity contribution in [2.45, 2.75) is 44.2 Å². The van der Waals surface area contributed by atoms with E-state index in [1.807, 2.05) is 12.1 Å². The topological polar surface area (TPSA) is 136 Å². The summed E-state index contributed by atoms with van der Waals surface area (Å²) in [6, 6.07) is 24.1. The average molecular weight is 596 g/mol. The summed E-state index contributed by atoms with van der Waals surface area (Å²) in [5, 5.41) is 15.0. The minimum atomic E-state index is -1.11. The molecule has 0 bridgehead atoms. The second-order valence-corrected chi connectivity index (χ2v) is 10.4. The highest BCUT2D eigenvalue weighted by molar-refractivity contribution is 6.01. The van der Waals surface area contributed by atoms with Crippen molar-refractivity contribution in [1.82, 2.24) is 10.3 Å². The van der Waals surface area contributed by atoms with Gasteiger partial charge in [0.1, 0.15) is 17.2 Å². The molecule has 1 aliphatic carbocycles. The summed E-state index contributed by atoms with van der Waals surface area (Å²) < 4.78 is 17.2. The molecule has 3 aromatic carbocycles. The van der Waals surface area contributed by atoms with Gasteiger partial charge in [0.05, 0.1) is 30.9 Å². The van der Waals surface area contributed by atoms with E-state index in [0.29, 0.717) is 28.5 Å². The van der Waals surface area contributed by atoms with Crippen molar-refractivity contribution in [3.8, 4) is 23.1 Å². The zero-order valence-electron chi connectivity index (χ0n) is 24.2. The first-order valence-electron chi connectivity index (χ1n) is 14.3. The number of aromatic carboxylic acids is 1. The van der Waals surface area contributed by atoms with Crippen LogP contribution in [-0.4, -0.2) is 47.1 Å². The van der Waals surface area contributed by atoms with E-state index in [1.165, 1.54) is 6.07 Å². The predicted octanol–water partition coefficient (Wildman–Crippen LogP) is 5.88. The summed E-state index contributed by atoms with van der Waals surface area (Å²) in [6.45, 7) is 0. The number of aromatic nitrogens is 1. The number of anilines is 1. The van der Waals surface area contributed by atoms with Crippen LogP contribution in [-0.2, 0) is 11.2 Å². The van der Waals surface area contributed by atoms with Crippen molar-refractivity contribution in [1.29, 1.82) is 0 Å². The fourth-order valence-electron chi connectivity index (χ4n) is 4.97. The van der Waals surface area contributed by atoms with Gasteiger partial charge in [-0.2, -0.15) is 0 Å². The van der Waals surface area contributed by atoms with Crippen LogP contribution in [0.15, 0.2) is 91.1 Å². The molecule has 1 saturated carbocycles. The molecule has 1 heterocycles. The van der Waals surface area contributed by atoms with E-state index < -0.39 is 5.97 Å². The zero-order chi connectivity index (χ0) is 30.9. The van der Waals surface area contributed by atoms with Gasteiger partial charge in [0.15, 0.2) is 0 Å². The van der Waals surface area contributed by atoms with Gasteiger partial charge in [0, 0.05) is 23.9 Å². The van der Waals surface area contributed by atoms with Crippen LogP contribution in [0.4, 0.5) is 5.69 Å². The monoisotopic (exact) mass is 595 g/mol. The standard InChI is InChI=1S/C34H33N3O7/c1-42-25-11-7-23(8-12-25)33(39)36-24-9-13-26(14-10-24)43-27-15-17-28(18-16-27)44-32-19-6-22(21-35-32)20-31(38)37-30-5-3-2-4-29(30)34(40)41/h2-8,11-12,15-19,21,24,26H,9-10,13-14,20H2,1H3,(H,36,39)(H,37,38)(H,40,41). The van der Waals surface area contributed by atoms with Crippen LogP contribution in [0.1, 0.15) is 52.0 Å². The third kappa shape index (κ3) is 8.13. The number of hydrogen-bond acceptors (Lipinski definition) is 7. The van der Waals surface area contributed by atoms with E-state index in [4.69, 9.17) is 14.2 Å². The first-order valence-corrected chi connectivity index (χ1v) is 14.3. The molecule has 0 saturated heterocycles. The number of ether oxygens (including phenoxy) is 3. The molecule has 44 heavy (non-hydrogen) atoms. The van der Waals surface area contributed by atoms with Crippen molar-refractivity contribution in [3.05, 3.63) is 108 Å². The first-order chi connectivity index (χ1) is 21.4. The fourth-order valence-corrected chi connectivity index (χ4v) is 4.97. The summed E-state index contributed by atoms with van der Waals surface area (Å²) in [5.74, 6) is 0.867. The van der Waals surface area contributed by atoms with Gasteiger partial charge in [-0.05, 0) is 91.9 Å². The minimum absolute atomic E-state index is 0.0261. The summed E-state index contributed by atoms with van der Waals surface area (Å²) in [4.78, 5) is 40.6. The molecule has 4 aromatic rings. The molecule has 5 rings (SSSR count). The van der Waals surface area contributed by atoms with Gasteiger partial charge in [0.25, 0.3) is 5.91 Å². The Labute approximate surface area is 255 Å².